The predicted molar refractivity (Wildman–Crippen MR) is 63.6 cm³/mol. The Morgan fingerprint density at radius 3 is 3.06 bits per heavy atom. The monoisotopic (exact) mass is 254 g/mol. The Labute approximate surface area is 101 Å². The molecule has 0 atom stereocenters. The van der Waals surface area contributed by atoms with Crippen molar-refractivity contribution in [2.45, 2.75) is 13.3 Å². The van der Waals surface area contributed by atoms with Crippen molar-refractivity contribution in [3.05, 3.63) is 22.8 Å². The molecule has 2 aromatic heterocycles. The van der Waals surface area contributed by atoms with Crippen molar-refractivity contribution in [2.24, 2.45) is 0 Å². The van der Waals surface area contributed by atoms with E-state index in [4.69, 9.17) is 4.74 Å². The summed E-state index contributed by atoms with van der Waals surface area (Å²) in [7, 11) is 0. The summed E-state index contributed by atoms with van der Waals surface area (Å²) in [5.41, 5.74) is 2.52. The summed E-state index contributed by atoms with van der Waals surface area (Å²) in [6.45, 7) is 2.20. The van der Waals surface area contributed by atoms with E-state index in [1.807, 2.05) is 5.38 Å². The maximum Gasteiger partial charge on any atom is 0.311 e. The lowest BCUT2D eigenvalue weighted by Crippen LogP contribution is -2.07. The first-order chi connectivity index (χ1) is 7.79. The minimum atomic E-state index is -0.233. The maximum atomic E-state index is 11.2. The van der Waals surface area contributed by atoms with E-state index in [1.165, 1.54) is 22.7 Å². The van der Waals surface area contributed by atoms with E-state index in [1.54, 1.807) is 18.6 Å². The molecule has 0 unspecified atom stereocenters. The van der Waals surface area contributed by atoms with Crippen molar-refractivity contribution in [1.29, 1.82) is 0 Å². The van der Waals surface area contributed by atoms with Crippen LogP contribution in [0.2, 0.25) is 0 Å². The Balaban J connectivity index is 2.06. The molecule has 16 heavy (non-hydrogen) atoms. The topological polar surface area (TPSA) is 52.1 Å². The number of carbonyl (C=O) groups is 1. The van der Waals surface area contributed by atoms with Gasteiger partial charge in [-0.25, -0.2) is 4.98 Å². The summed E-state index contributed by atoms with van der Waals surface area (Å²) in [6.07, 6.45) is 2.01. The van der Waals surface area contributed by atoms with Crippen LogP contribution in [-0.2, 0) is 16.0 Å². The van der Waals surface area contributed by atoms with Crippen LogP contribution in [0.4, 0.5) is 0 Å². The lowest BCUT2D eigenvalue weighted by atomic mass is 10.3. The van der Waals surface area contributed by atoms with E-state index >= 15 is 0 Å². The van der Waals surface area contributed by atoms with Gasteiger partial charge in [0, 0.05) is 11.6 Å². The predicted octanol–water partition coefficient (Wildman–Crippen LogP) is 2.37. The summed E-state index contributed by atoms with van der Waals surface area (Å²) in [5, 5.41) is 2.79. The molecule has 0 fully saturated rings. The van der Waals surface area contributed by atoms with E-state index in [9.17, 15) is 4.79 Å². The molecule has 2 rings (SSSR count). The summed E-state index contributed by atoms with van der Waals surface area (Å²) < 4.78 is 4.86. The molecule has 0 aromatic carbocycles. The largest absolute Gasteiger partial charge is 0.466 e. The van der Waals surface area contributed by atoms with Crippen LogP contribution in [0.1, 0.15) is 12.6 Å². The quantitative estimate of drug-likeness (QED) is 0.786. The van der Waals surface area contributed by atoms with E-state index in [2.05, 4.69) is 9.97 Å². The molecule has 0 saturated carbocycles. The van der Waals surface area contributed by atoms with Gasteiger partial charge in [0.2, 0.25) is 0 Å². The molecule has 84 valence electrons. The zero-order valence-corrected chi connectivity index (χ0v) is 10.3. The van der Waals surface area contributed by atoms with Gasteiger partial charge in [-0.2, -0.15) is 0 Å². The van der Waals surface area contributed by atoms with Crippen LogP contribution in [0.3, 0.4) is 0 Å². The number of hydrogen-bond donors (Lipinski definition) is 0. The lowest BCUT2D eigenvalue weighted by molar-refractivity contribution is -0.142. The van der Waals surface area contributed by atoms with Gasteiger partial charge in [-0.3, -0.25) is 9.78 Å². The fourth-order valence-electron chi connectivity index (χ4n) is 1.18. The molecule has 6 heteroatoms. The third kappa shape index (κ3) is 2.65. The molecule has 0 aliphatic heterocycles. The first kappa shape index (κ1) is 11.2. The van der Waals surface area contributed by atoms with Crippen molar-refractivity contribution < 1.29 is 9.53 Å². The molecule has 0 N–H and O–H groups in total. The number of esters is 1. The van der Waals surface area contributed by atoms with Crippen LogP contribution in [-0.4, -0.2) is 22.5 Å². The Hall–Kier alpha value is -1.27. The molecular weight excluding hydrogens is 244 g/mol. The van der Waals surface area contributed by atoms with Gasteiger partial charge in [-0.1, -0.05) is 0 Å². The summed E-state index contributed by atoms with van der Waals surface area (Å²) in [5.74, 6) is -0.233. The number of nitrogens with zero attached hydrogens (tertiary/aromatic N) is 2. The second kappa shape index (κ2) is 5.18. The summed E-state index contributed by atoms with van der Waals surface area (Å²) >= 11 is 3.06. The number of carbonyl (C=O) groups excluding carboxylic acids is 1. The van der Waals surface area contributed by atoms with Crippen molar-refractivity contribution in [1.82, 2.24) is 9.97 Å². The highest BCUT2D eigenvalue weighted by Crippen LogP contribution is 2.26. The Kier molecular flexibility index (Phi) is 3.63. The Bertz CT molecular complexity index is 465. The molecule has 0 spiro atoms. The first-order valence-electron chi connectivity index (χ1n) is 4.78. The maximum absolute atomic E-state index is 11.2. The zero-order chi connectivity index (χ0) is 11.4. The highest BCUT2D eigenvalue weighted by molar-refractivity contribution is 7.19. The minimum Gasteiger partial charge on any atom is -0.466 e. The van der Waals surface area contributed by atoms with E-state index in [0.29, 0.717) is 6.61 Å². The summed E-state index contributed by atoms with van der Waals surface area (Å²) in [6, 6.07) is 0. The van der Waals surface area contributed by atoms with Gasteiger partial charge in [0.1, 0.15) is 5.01 Å². The van der Waals surface area contributed by atoms with Crippen LogP contribution in [0.15, 0.2) is 17.1 Å². The normalized spacial score (nSPS) is 10.3. The van der Waals surface area contributed by atoms with Gasteiger partial charge < -0.3 is 4.74 Å². The summed E-state index contributed by atoms with van der Waals surface area (Å²) in [4.78, 5) is 20.6. The fraction of sp³-hybridized carbons (Fsp3) is 0.300. The van der Waals surface area contributed by atoms with Gasteiger partial charge in [0.05, 0.1) is 29.1 Å². The molecule has 0 radical (unpaired) electrons. The number of ether oxygens (including phenoxy) is 1. The number of rotatable bonds is 4. The zero-order valence-electron chi connectivity index (χ0n) is 8.67. The van der Waals surface area contributed by atoms with Crippen molar-refractivity contribution in [2.75, 3.05) is 6.61 Å². The van der Waals surface area contributed by atoms with Gasteiger partial charge in [-0.05, 0) is 6.92 Å². The fourth-order valence-corrected chi connectivity index (χ4v) is 2.70. The molecule has 0 aliphatic rings. The Morgan fingerprint density at radius 1 is 1.50 bits per heavy atom. The first-order valence-corrected chi connectivity index (χ1v) is 6.54. The van der Waals surface area contributed by atoms with Crippen LogP contribution >= 0.6 is 22.7 Å². The smallest absolute Gasteiger partial charge is 0.311 e. The molecular formula is C10H10N2O2S2. The van der Waals surface area contributed by atoms with Crippen molar-refractivity contribution in [3.8, 4) is 9.88 Å². The number of thiazole rings is 2. The van der Waals surface area contributed by atoms with Crippen LogP contribution in [0.5, 0.6) is 0 Å². The van der Waals surface area contributed by atoms with E-state index in [0.717, 1.165) is 15.6 Å². The van der Waals surface area contributed by atoms with Crippen molar-refractivity contribution in [3.63, 3.8) is 0 Å². The number of aromatic nitrogens is 2. The highest BCUT2D eigenvalue weighted by atomic mass is 32.1. The molecule has 4 nitrogen and oxygen atoms in total. The van der Waals surface area contributed by atoms with Gasteiger partial charge >= 0.3 is 5.97 Å². The van der Waals surface area contributed by atoms with Crippen LogP contribution in [0, 0.1) is 0 Å². The number of hydrogen-bond acceptors (Lipinski definition) is 6. The third-order valence-electron chi connectivity index (χ3n) is 1.83. The second-order valence-corrected chi connectivity index (χ2v) is 4.74. The highest BCUT2D eigenvalue weighted by Gasteiger charge is 2.10. The third-order valence-corrected chi connectivity index (χ3v) is 3.66. The molecule has 2 heterocycles. The molecule has 0 saturated heterocycles. The average Bonchev–Trinajstić information content (AvgIpc) is 2.86. The van der Waals surface area contributed by atoms with E-state index in [-0.39, 0.29) is 12.4 Å². The second-order valence-electron chi connectivity index (χ2n) is 2.99. The molecule has 0 amide bonds. The van der Waals surface area contributed by atoms with Crippen LogP contribution < -0.4 is 0 Å². The van der Waals surface area contributed by atoms with Crippen LogP contribution in [0.25, 0.3) is 9.88 Å². The van der Waals surface area contributed by atoms with Crippen molar-refractivity contribution >= 4 is 28.6 Å². The molecule has 0 aliphatic carbocycles. The van der Waals surface area contributed by atoms with Gasteiger partial charge in [0.15, 0.2) is 0 Å². The average molecular weight is 254 g/mol. The molecule has 2 aromatic rings. The SMILES string of the molecule is CCOC(=O)Cc1csc(-c2cncs2)n1. The van der Waals surface area contributed by atoms with E-state index < -0.39 is 0 Å². The standard InChI is InChI=1S/C10H10N2O2S2/c1-2-14-9(13)3-7-5-15-10(12-7)8-4-11-6-16-8/h4-6H,2-3H2,1H3. The Morgan fingerprint density at radius 2 is 2.38 bits per heavy atom. The lowest BCUT2D eigenvalue weighted by Gasteiger charge is -1.97. The minimum absolute atomic E-state index is 0.233. The molecule has 0 bridgehead atoms. The van der Waals surface area contributed by atoms with Gasteiger partial charge in [-0.15, -0.1) is 22.7 Å². The van der Waals surface area contributed by atoms with Gasteiger partial charge in [0.25, 0.3) is 0 Å².